The lowest BCUT2D eigenvalue weighted by atomic mass is 10.1. The molecule has 0 radical (unpaired) electrons. The number of aryl methyl sites for hydroxylation is 1. The Bertz CT molecular complexity index is 2120. The van der Waals surface area contributed by atoms with Crippen LogP contribution >= 0.6 is 34.9 Å². The van der Waals surface area contributed by atoms with Gasteiger partial charge >= 0.3 is 0 Å². The van der Waals surface area contributed by atoms with Gasteiger partial charge in [0.15, 0.2) is 9.51 Å². The minimum absolute atomic E-state index is 0.128. The van der Waals surface area contributed by atoms with Crippen molar-refractivity contribution in [3.05, 3.63) is 122 Å². The molecule has 7 rings (SSSR count). The quantitative estimate of drug-likeness (QED) is 0.0873. The second kappa shape index (κ2) is 11.4. The van der Waals surface area contributed by atoms with Gasteiger partial charge in [-0.25, -0.2) is 14.9 Å². The number of aromatic nitrogens is 1. The van der Waals surface area contributed by atoms with Crippen molar-refractivity contribution in [1.82, 2.24) is 10.3 Å². The lowest BCUT2D eigenvalue weighted by Gasteiger charge is -2.13. The first-order valence-corrected chi connectivity index (χ1v) is 15.9. The van der Waals surface area contributed by atoms with Gasteiger partial charge in [-0.1, -0.05) is 47.7 Å². The van der Waals surface area contributed by atoms with Crippen molar-refractivity contribution in [2.24, 2.45) is 4.99 Å². The normalized spacial score (nSPS) is 16.2. The standard InChI is InChI=1S/C32H19N5O5S3/c1-17-6-9-19(10-7-17)33-31-35-28(38)27(43-31)15-18-8-13-25(24(14-18)37(41)42)44-32-34-23-12-11-20(16-26(23)45-32)36-29(39)21-4-2-3-5-22(21)30(36)40/h2-16H,1H3,(H,33,35,38)/b27-15-. The minimum Gasteiger partial charge on any atom is -0.300 e. The number of hydrogen-bond acceptors (Lipinski definition) is 10. The van der Waals surface area contributed by atoms with Gasteiger partial charge < -0.3 is 5.32 Å². The highest BCUT2D eigenvalue weighted by Crippen LogP contribution is 2.41. The summed E-state index contributed by atoms with van der Waals surface area (Å²) in [6.07, 6.45) is 1.59. The predicted octanol–water partition coefficient (Wildman–Crippen LogP) is 7.36. The van der Waals surface area contributed by atoms with Crippen LogP contribution in [0.1, 0.15) is 31.8 Å². The molecule has 3 heterocycles. The summed E-state index contributed by atoms with van der Waals surface area (Å²) >= 11 is 3.61. The van der Waals surface area contributed by atoms with E-state index >= 15 is 0 Å². The molecule has 0 saturated carbocycles. The number of nitrogens with one attached hydrogen (secondary N) is 1. The number of thiazole rings is 1. The lowest BCUT2D eigenvalue weighted by Crippen LogP contribution is -2.29. The molecular formula is C32H19N5O5S3. The van der Waals surface area contributed by atoms with Crippen LogP contribution in [0.5, 0.6) is 0 Å². The van der Waals surface area contributed by atoms with Crippen molar-refractivity contribution in [1.29, 1.82) is 0 Å². The number of hydrogen-bond donors (Lipinski definition) is 1. The largest absolute Gasteiger partial charge is 0.300 e. The van der Waals surface area contributed by atoms with Crippen LogP contribution < -0.4 is 10.2 Å². The van der Waals surface area contributed by atoms with Gasteiger partial charge in [0.1, 0.15) is 0 Å². The lowest BCUT2D eigenvalue weighted by molar-refractivity contribution is -0.387. The van der Waals surface area contributed by atoms with Gasteiger partial charge in [-0.05, 0) is 78.9 Å². The average Bonchev–Trinajstić information content (AvgIpc) is 3.67. The Morgan fingerprint density at radius 1 is 0.956 bits per heavy atom. The van der Waals surface area contributed by atoms with E-state index in [0.29, 0.717) is 52.9 Å². The molecule has 13 heteroatoms. The summed E-state index contributed by atoms with van der Waals surface area (Å²) in [5, 5.41) is 15.2. The Morgan fingerprint density at radius 2 is 1.69 bits per heavy atom. The fraction of sp³-hybridized carbons (Fsp3) is 0.0312. The van der Waals surface area contributed by atoms with Crippen LogP contribution in [-0.2, 0) is 4.79 Å². The van der Waals surface area contributed by atoms with E-state index in [0.717, 1.165) is 38.7 Å². The molecule has 10 nitrogen and oxygen atoms in total. The molecule has 1 aromatic heterocycles. The number of nitro groups is 1. The van der Waals surface area contributed by atoms with Gasteiger partial charge in [-0.15, -0.1) is 11.3 Å². The molecule has 0 spiro atoms. The van der Waals surface area contributed by atoms with Crippen LogP contribution in [0.15, 0.2) is 104 Å². The second-order valence-corrected chi connectivity index (χ2v) is 13.4. The van der Waals surface area contributed by atoms with E-state index in [1.165, 1.54) is 17.4 Å². The first-order chi connectivity index (χ1) is 21.7. The number of amides is 3. The molecule has 0 unspecified atom stereocenters. The molecule has 2 aliphatic heterocycles. The Labute approximate surface area is 268 Å². The van der Waals surface area contributed by atoms with Crippen LogP contribution in [0, 0.1) is 17.0 Å². The number of rotatable bonds is 6. The van der Waals surface area contributed by atoms with Crippen LogP contribution in [-0.4, -0.2) is 32.8 Å². The van der Waals surface area contributed by atoms with E-state index in [4.69, 9.17) is 0 Å². The Kier molecular flexibility index (Phi) is 7.28. The summed E-state index contributed by atoms with van der Waals surface area (Å²) in [6, 6.07) is 24.1. The van der Waals surface area contributed by atoms with Crippen LogP contribution in [0.25, 0.3) is 16.3 Å². The molecule has 4 aromatic carbocycles. The van der Waals surface area contributed by atoms with Gasteiger partial charge in [-0.2, -0.15) is 0 Å². The minimum atomic E-state index is -0.468. The highest BCUT2D eigenvalue weighted by molar-refractivity contribution is 8.18. The first-order valence-electron chi connectivity index (χ1n) is 13.4. The molecule has 1 fully saturated rings. The van der Waals surface area contributed by atoms with E-state index in [9.17, 15) is 24.5 Å². The number of anilines is 1. The number of thioether (sulfide) groups is 1. The Morgan fingerprint density at radius 3 is 2.40 bits per heavy atom. The van der Waals surface area contributed by atoms with Crippen LogP contribution in [0.4, 0.5) is 17.1 Å². The van der Waals surface area contributed by atoms with Crippen molar-refractivity contribution in [3.63, 3.8) is 0 Å². The number of carbonyl (C=O) groups is 3. The van der Waals surface area contributed by atoms with Gasteiger partial charge in [0.25, 0.3) is 23.4 Å². The summed E-state index contributed by atoms with van der Waals surface area (Å²) in [6.45, 7) is 1.98. The fourth-order valence-corrected chi connectivity index (χ4v) is 7.80. The van der Waals surface area contributed by atoms with Crippen LogP contribution in [0.2, 0.25) is 0 Å². The van der Waals surface area contributed by atoms with E-state index in [2.05, 4.69) is 15.3 Å². The molecule has 0 aliphatic carbocycles. The third-order valence-electron chi connectivity index (χ3n) is 6.99. The number of benzene rings is 4. The van der Waals surface area contributed by atoms with Gasteiger partial charge in [0.2, 0.25) is 0 Å². The van der Waals surface area contributed by atoms with Gasteiger partial charge in [0, 0.05) is 6.07 Å². The monoisotopic (exact) mass is 649 g/mol. The zero-order chi connectivity index (χ0) is 31.2. The zero-order valence-corrected chi connectivity index (χ0v) is 25.7. The molecule has 220 valence electrons. The van der Waals surface area contributed by atoms with E-state index in [1.807, 2.05) is 31.2 Å². The fourth-order valence-electron chi connectivity index (χ4n) is 4.81. The predicted molar refractivity (Wildman–Crippen MR) is 176 cm³/mol. The third kappa shape index (κ3) is 5.52. The molecule has 3 amide bonds. The summed E-state index contributed by atoms with van der Waals surface area (Å²) in [5.41, 5.74) is 3.96. The smallest absolute Gasteiger partial charge is 0.283 e. The average molecular weight is 650 g/mol. The van der Waals surface area contributed by atoms with Crippen LogP contribution in [0.3, 0.4) is 0 Å². The molecule has 1 N–H and O–H groups in total. The van der Waals surface area contributed by atoms with E-state index < -0.39 is 4.92 Å². The number of fused-ring (bicyclic) bond motifs is 2. The van der Waals surface area contributed by atoms with E-state index in [-0.39, 0.29) is 23.4 Å². The number of nitrogens with zero attached hydrogens (tertiary/aromatic N) is 4. The number of carbonyl (C=O) groups excluding carboxylic acids is 3. The summed E-state index contributed by atoms with van der Waals surface area (Å²) in [7, 11) is 0. The van der Waals surface area contributed by atoms with Gasteiger partial charge in [-0.3, -0.25) is 24.5 Å². The topological polar surface area (TPSA) is 135 Å². The van der Waals surface area contributed by atoms with E-state index in [1.54, 1.807) is 60.7 Å². The highest BCUT2D eigenvalue weighted by atomic mass is 32.2. The third-order valence-corrected chi connectivity index (χ3v) is 10.0. The SMILES string of the molecule is Cc1ccc(N=C2NC(=O)/C(=C/c3ccc(Sc4nc5ccc(N6C(=O)c7ccccc7C6=O)cc5s4)c([N+](=O)[O-])c3)S2)cc1. The zero-order valence-electron chi connectivity index (χ0n) is 23.2. The molecule has 0 bridgehead atoms. The number of imide groups is 1. The second-order valence-electron chi connectivity index (χ2n) is 10.0. The highest BCUT2D eigenvalue weighted by Gasteiger charge is 2.36. The van der Waals surface area contributed by atoms with Gasteiger partial charge in [0.05, 0.1) is 47.4 Å². The Hall–Kier alpha value is -5.11. The molecule has 5 aromatic rings. The summed E-state index contributed by atoms with van der Waals surface area (Å²) < 4.78 is 1.28. The first kappa shape index (κ1) is 28.6. The summed E-state index contributed by atoms with van der Waals surface area (Å²) in [4.78, 5) is 61.0. The van der Waals surface area contributed by atoms with Crippen molar-refractivity contribution in [3.8, 4) is 0 Å². The molecule has 0 atom stereocenters. The molecule has 45 heavy (non-hydrogen) atoms. The molecule has 2 aliphatic rings. The van der Waals surface area contributed by atoms with Crippen molar-refractivity contribution >= 4 is 91.1 Å². The number of nitro benzene ring substituents is 1. The molecule has 1 saturated heterocycles. The number of amidine groups is 1. The van der Waals surface area contributed by atoms with Crippen molar-refractivity contribution in [2.75, 3.05) is 4.90 Å². The maximum atomic E-state index is 12.9. The Balaban J connectivity index is 1.12. The molecular weight excluding hydrogens is 631 g/mol. The summed E-state index contributed by atoms with van der Waals surface area (Å²) in [5.74, 6) is -1.10. The maximum Gasteiger partial charge on any atom is 0.283 e. The maximum absolute atomic E-state index is 12.9. The van der Waals surface area contributed by atoms with Crippen molar-refractivity contribution < 1.29 is 19.3 Å². The van der Waals surface area contributed by atoms with Crippen molar-refractivity contribution in [2.45, 2.75) is 16.2 Å². The number of aliphatic imine (C=N–C) groups is 1.